The van der Waals surface area contributed by atoms with Gasteiger partial charge in [-0.3, -0.25) is 4.79 Å². The van der Waals surface area contributed by atoms with Gasteiger partial charge in [0.25, 0.3) is 0 Å². The Kier molecular flexibility index (Phi) is 4.04. The summed E-state index contributed by atoms with van der Waals surface area (Å²) >= 11 is 0. The summed E-state index contributed by atoms with van der Waals surface area (Å²) in [4.78, 5) is 12.0. The maximum atomic E-state index is 12.0. The fraction of sp³-hybridized carbons (Fsp3) is 0.353. The molecule has 1 aromatic carbocycles. The molecule has 2 aromatic rings. The maximum absolute atomic E-state index is 12.0. The summed E-state index contributed by atoms with van der Waals surface area (Å²) in [5, 5.41) is 2.94. The molecule has 0 saturated heterocycles. The van der Waals surface area contributed by atoms with Gasteiger partial charge in [0.05, 0.1) is 6.04 Å². The highest BCUT2D eigenvalue weighted by Gasteiger charge is 2.15. The lowest BCUT2D eigenvalue weighted by Crippen LogP contribution is -2.26. The average molecular weight is 301 g/mol. The zero-order valence-electron chi connectivity index (χ0n) is 12.7. The quantitative estimate of drug-likeness (QED) is 0.921. The monoisotopic (exact) mass is 301 g/mol. The minimum atomic E-state index is -0.127. The first-order valence-electron chi connectivity index (χ1n) is 7.36. The van der Waals surface area contributed by atoms with Crippen LogP contribution in [0.3, 0.4) is 0 Å². The summed E-state index contributed by atoms with van der Waals surface area (Å²) in [5.74, 6) is 3.12. The Morgan fingerprint density at radius 1 is 1.23 bits per heavy atom. The molecule has 1 aliphatic rings. The van der Waals surface area contributed by atoms with E-state index < -0.39 is 0 Å². The number of rotatable bonds is 5. The third kappa shape index (κ3) is 3.24. The van der Waals surface area contributed by atoms with Gasteiger partial charge in [0.2, 0.25) is 12.7 Å². The summed E-state index contributed by atoms with van der Waals surface area (Å²) in [6.07, 6.45) is 1.08. The highest BCUT2D eigenvalue weighted by atomic mass is 16.7. The van der Waals surface area contributed by atoms with Crippen molar-refractivity contribution >= 4 is 5.91 Å². The second-order valence-electron chi connectivity index (χ2n) is 5.43. The smallest absolute Gasteiger partial charge is 0.231 e. The third-order valence-corrected chi connectivity index (χ3v) is 3.64. The molecule has 1 atom stereocenters. The number of ether oxygens (including phenoxy) is 2. The van der Waals surface area contributed by atoms with Crippen LogP contribution in [0.4, 0.5) is 0 Å². The van der Waals surface area contributed by atoms with Crippen molar-refractivity contribution in [1.29, 1.82) is 0 Å². The number of carbonyl (C=O) groups excluding carboxylic acids is 1. The second-order valence-corrected chi connectivity index (χ2v) is 5.43. The van der Waals surface area contributed by atoms with Gasteiger partial charge in [0.1, 0.15) is 11.5 Å². The summed E-state index contributed by atoms with van der Waals surface area (Å²) < 4.78 is 16.1. The lowest BCUT2D eigenvalue weighted by atomic mass is 10.1. The molecule has 1 aliphatic heterocycles. The van der Waals surface area contributed by atoms with E-state index in [9.17, 15) is 4.79 Å². The van der Waals surface area contributed by atoms with Crippen LogP contribution in [-0.4, -0.2) is 12.7 Å². The van der Waals surface area contributed by atoms with Gasteiger partial charge >= 0.3 is 0 Å². The number of aryl methyl sites for hydroxylation is 2. The molecule has 1 unspecified atom stereocenters. The predicted molar refractivity (Wildman–Crippen MR) is 80.9 cm³/mol. The molecule has 0 radical (unpaired) electrons. The number of hydrogen-bond acceptors (Lipinski definition) is 4. The molecule has 5 heteroatoms. The lowest BCUT2D eigenvalue weighted by Gasteiger charge is -2.11. The van der Waals surface area contributed by atoms with Crippen molar-refractivity contribution in [3.63, 3.8) is 0 Å². The van der Waals surface area contributed by atoms with Crippen LogP contribution in [0.5, 0.6) is 11.5 Å². The SMILES string of the molecule is Cc1ccc(C(C)NC(=O)CCc2ccc3c(c2)OCO3)o1. The molecule has 5 nitrogen and oxygen atoms in total. The van der Waals surface area contributed by atoms with E-state index in [1.165, 1.54) is 0 Å². The van der Waals surface area contributed by atoms with Crippen molar-refractivity contribution in [1.82, 2.24) is 5.32 Å². The minimum absolute atomic E-state index is 0.000722. The van der Waals surface area contributed by atoms with Gasteiger partial charge in [-0.05, 0) is 50.1 Å². The Bertz CT molecular complexity index is 677. The van der Waals surface area contributed by atoms with Crippen LogP contribution in [0.2, 0.25) is 0 Å². The van der Waals surface area contributed by atoms with Crippen molar-refractivity contribution in [3.8, 4) is 11.5 Å². The molecule has 3 rings (SSSR count). The van der Waals surface area contributed by atoms with E-state index in [0.29, 0.717) is 12.8 Å². The molecule has 2 heterocycles. The number of furan rings is 1. The zero-order valence-corrected chi connectivity index (χ0v) is 12.7. The normalized spacial score (nSPS) is 13.9. The molecule has 0 aliphatic carbocycles. The van der Waals surface area contributed by atoms with Crippen LogP contribution in [0.25, 0.3) is 0 Å². The van der Waals surface area contributed by atoms with E-state index in [1.807, 2.05) is 44.2 Å². The Morgan fingerprint density at radius 3 is 2.82 bits per heavy atom. The summed E-state index contributed by atoms with van der Waals surface area (Å²) in [7, 11) is 0. The fourth-order valence-electron chi connectivity index (χ4n) is 2.43. The molecule has 22 heavy (non-hydrogen) atoms. The van der Waals surface area contributed by atoms with Crippen molar-refractivity contribution in [2.24, 2.45) is 0 Å². The lowest BCUT2D eigenvalue weighted by molar-refractivity contribution is -0.121. The van der Waals surface area contributed by atoms with Crippen LogP contribution in [0, 0.1) is 6.92 Å². The Labute approximate surface area is 129 Å². The molecule has 116 valence electrons. The highest BCUT2D eigenvalue weighted by Crippen LogP contribution is 2.32. The van der Waals surface area contributed by atoms with Crippen molar-refractivity contribution in [2.75, 3.05) is 6.79 Å². The van der Waals surface area contributed by atoms with Crippen LogP contribution in [0.1, 0.15) is 36.5 Å². The van der Waals surface area contributed by atoms with Crippen molar-refractivity contribution in [3.05, 3.63) is 47.4 Å². The van der Waals surface area contributed by atoms with E-state index >= 15 is 0 Å². The van der Waals surface area contributed by atoms with Crippen molar-refractivity contribution < 1.29 is 18.7 Å². The largest absolute Gasteiger partial charge is 0.464 e. The van der Waals surface area contributed by atoms with Crippen LogP contribution in [0.15, 0.2) is 34.7 Å². The number of fused-ring (bicyclic) bond motifs is 1. The molecule has 0 spiro atoms. The van der Waals surface area contributed by atoms with Gasteiger partial charge in [0.15, 0.2) is 11.5 Å². The van der Waals surface area contributed by atoms with E-state index in [0.717, 1.165) is 28.6 Å². The molecule has 0 saturated carbocycles. The molecule has 1 N–H and O–H groups in total. The zero-order chi connectivity index (χ0) is 15.5. The Balaban J connectivity index is 1.52. The molecule has 0 fully saturated rings. The van der Waals surface area contributed by atoms with E-state index in [2.05, 4.69) is 5.32 Å². The van der Waals surface area contributed by atoms with E-state index in [1.54, 1.807) is 0 Å². The van der Waals surface area contributed by atoms with Gasteiger partial charge in [0, 0.05) is 6.42 Å². The molecular formula is C17H19NO4. The topological polar surface area (TPSA) is 60.7 Å². The number of carbonyl (C=O) groups is 1. The van der Waals surface area contributed by atoms with Crippen LogP contribution in [-0.2, 0) is 11.2 Å². The first-order chi connectivity index (χ1) is 10.6. The summed E-state index contributed by atoms with van der Waals surface area (Å²) in [6.45, 7) is 4.06. The Morgan fingerprint density at radius 2 is 2.05 bits per heavy atom. The fourth-order valence-corrected chi connectivity index (χ4v) is 2.43. The first kappa shape index (κ1) is 14.5. The van der Waals surface area contributed by atoms with Crippen LogP contribution < -0.4 is 14.8 Å². The number of nitrogens with one attached hydrogen (secondary N) is 1. The first-order valence-corrected chi connectivity index (χ1v) is 7.36. The summed E-state index contributed by atoms with van der Waals surface area (Å²) in [6, 6.07) is 9.42. The number of amides is 1. The van der Waals surface area contributed by atoms with E-state index in [-0.39, 0.29) is 18.7 Å². The summed E-state index contributed by atoms with van der Waals surface area (Å²) in [5.41, 5.74) is 1.06. The third-order valence-electron chi connectivity index (χ3n) is 3.64. The van der Waals surface area contributed by atoms with Gasteiger partial charge in [-0.2, -0.15) is 0 Å². The Hall–Kier alpha value is -2.43. The minimum Gasteiger partial charge on any atom is -0.464 e. The predicted octanol–water partition coefficient (Wildman–Crippen LogP) is 3.13. The standard InChI is InChI=1S/C17H19NO4/c1-11-3-6-14(22-11)12(2)18-17(19)8-5-13-4-7-15-16(9-13)21-10-20-15/h3-4,6-7,9,12H,5,8,10H2,1-2H3,(H,18,19). The number of hydrogen-bond donors (Lipinski definition) is 1. The molecular weight excluding hydrogens is 282 g/mol. The maximum Gasteiger partial charge on any atom is 0.231 e. The van der Waals surface area contributed by atoms with Gasteiger partial charge in [-0.25, -0.2) is 0 Å². The molecule has 1 amide bonds. The van der Waals surface area contributed by atoms with Gasteiger partial charge in [-0.1, -0.05) is 6.07 Å². The van der Waals surface area contributed by atoms with Crippen LogP contribution >= 0.6 is 0 Å². The average Bonchev–Trinajstić information content (AvgIpc) is 3.13. The van der Waals surface area contributed by atoms with E-state index in [4.69, 9.17) is 13.9 Å². The van der Waals surface area contributed by atoms with Crippen molar-refractivity contribution in [2.45, 2.75) is 32.7 Å². The van der Waals surface area contributed by atoms with Gasteiger partial charge < -0.3 is 19.2 Å². The highest BCUT2D eigenvalue weighted by molar-refractivity contribution is 5.76. The molecule has 0 bridgehead atoms. The van der Waals surface area contributed by atoms with Gasteiger partial charge in [-0.15, -0.1) is 0 Å². The molecule has 1 aromatic heterocycles. The number of benzene rings is 1. The second kappa shape index (κ2) is 6.13.